The number of aryl methyl sites for hydroxylation is 1. The highest BCUT2D eigenvalue weighted by Crippen LogP contribution is 2.08. The van der Waals surface area contributed by atoms with Crippen LogP contribution in [0.25, 0.3) is 0 Å². The summed E-state index contributed by atoms with van der Waals surface area (Å²) in [5.74, 6) is -0.0805. The number of ether oxygens (including phenoxy) is 1. The Morgan fingerprint density at radius 2 is 2.00 bits per heavy atom. The lowest BCUT2D eigenvalue weighted by Crippen LogP contribution is -2.15. The van der Waals surface area contributed by atoms with E-state index in [0.29, 0.717) is 6.42 Å². The van der Waals surface area contributed by atoms with Crippen molar-refractivity contribution in [1.82, 2.24) is 0 Å². The van der Waals surface area contributed by atoms with Crippen molar-refractivity contribution in [3.63, 3.8) is 0 Å². The Morgan fingerprint density at radius 3 is 2.62 bits per heavy atom. The second-order valence-corrected chi connectivity index (χ2v) is 4.07. The van der Waals surface area contributed by atoms with Crippen LogP contribution >= 0.6 is 0 Å². The van der Waals surface area contributed by atoms with Crippen molar-refractivity contribution < 1.29 is 9.53 Å². The molecule has 0 heterocycles. The molecule has 1 aromatic carbocycles. The van der Waals surface area contributed by atoms with Gasteiger partial charge in [0.25, 0.3) is 0 Å². The molecular weight excluding hydrogens is 200 g/mol. The molecule has 0 N–H and O–H groups in total. The molecule has 2 heteroatoms. The van der Waals surface area contributed by atoms with Gasteiger partial charge < -0.3 is 4.74 Å². The lowest BCUT2D eigenvalue weighted by Gasteiger charge is -2.12. The van der Waals surface area contributed by atoms with Crippen molar-refractivity contribution >= 4 is 5.97 Å². The number of carbonyl (C=O) groups is 1. The molecule has 0 amide bonds. The standard InChI is InChI=1S/C14H20O2/c1-3-7-14(15)16-12(2)10-11-13-8-5-4-6-9-13/h4-6,8-9,12H,3,7,10-11H2,1-2H3/t12-/m1/s1. The molecule has 1 aromatic rings. The third-order valence-electron chi connectivity index (χ3n) is 2.47. The molecule has 88 valence electrons. The zero-order valence-corrected chi connectivity index (χ0v) is 10.1. The SMILES string of the molecule is CCCC(=O)O[C@H](C)CCc1ccccc1. The highest BCUT2D eigenvalue weighted by molar-refractivity contribution is 5.69. The minimum absolute atomic E-state index is 0.0132. The van der Waals surface area contributed by atoms with E-state index in [1.165, 1.54) is 5.56 Å². The smallest absolute Gasteiger partial charge is 0.306 e. The lowest BCUT2D eigenvalue weighted by molar-refractivity contribution is -0.148. The molecule has 0 spiro atoms. The average molecular weight is 220 g/mol. The molecule has 16 heavy (non-hydrogen) atoms. The number of benzene rings is 1. The molecule has 0 aliphatic carbocycles. The van der Waals surface area contributed by atoms with Crippen molar-refractivity contribution in [2.45, 2.75) is 45.6 Å². The fraction of sp³-hybridized carbons (Fsp3) is 0.500. The number of hydrogen-bond acceptors (Lipinski definition) is 2. The maximum atomic E-state index is 11.2. The first-order valence-corrected chi connectivity index (χ1v) is 5.95. The van der Waals surface area contributed by atoms with Gasteiger partial charge in [0.2, 0.25) is 0 Å². The summed E-state index contributed by atoms with van der Waals surface area (Å²) in [5.41, 5.74) is 1.29. The molecule has 0 saturated heterocycles. The van der Waals surface area contributed by atoms with Gasteiger partial charge in [-0.15, -0.1) is 0 Å². The second kappa shape index (κ2) is 7.04. The van der Waals surface area contributed by atoms with E-state index < -0.39 is 0 Å². The van der Waals surface area contributed by atoms with Gasteiger partial charge >= 0.3 is 5.97 Å². The summed E-state index contributed by atoms with van der Waals surface area (Å²) < 4.78 is 5.27. The van der Waals surface area contributed by atoms with Gasteiger partial charge in [-0.25, -0.2) is 0 Å². The summed E-state index contributed by atoms with van der Waals surface area (Å²) in [6.07, 6.45) is 3.24. The van der Waals surface area contributed by atoms with Crippen LogP contribution in [0, 0.1) is 0 Å². The molecular formula is C14H20O2. The van der Waals surface area contributed by atoms with E-state index in [2.05, 4.69) is 12.1 Å². The fourth-order valence-electron chi connectivity index (χ4n) is 1.56. The first-order valence-electron chi connectivity index (χ1n) is 5.95. The summed E-state index contributed by atoms with van der Waals surface area (Å²) in [4.78, 5) is 11.2. The average Bonchev–Trinajstić information content (AvgIpc) is 2.28. The highest BCUT2D eigenvalue weighted by Gasteiger charge is 2.08. The predicted octanol–water partition coefficient (Wildman–Crippen LogP) is 3.35. The Hall–Kier alpha value is -1.31. The highest BCUT2D eigenvalue weighted by atomic mass is 16.5. The largest absolute Gasteiger partial charge is 0.463 e. The van der Waals surface area contributed by atoms with E-state index >= 15 is 0 Å². The molecule has 2 nitrogen and oxygen atoms in total. The zero-order chi connectivity index (χ0) is 11.8. The number of rotatable bonds is 6. The minimum Gasteiger partial charge on any atom is -0.463 e. The number of carbonyl (C=O) groups excluding carboxylic acids is 1. The molecule has 1 atom stereocenters. The first kappa shape index (κ1) is 12.8. The Bertz CT molecular complexity index is 306. The molecule has 0 fully saturated rings. The summed E-state index contributed by atoms with van der Waals surface area (Å²) in [6, 6.07) is 10.3. The van der Waals surface area contributed by atoms with Crippen molar-refractivity contribution in [2.75, 3.05) is 0 Å². The number of hydrogen-bond donors (Lipinski definition) is 0. The van der Waals surface area contributed by atoms with Crippen LogP contribution < -0.4 is 0 Å². The molecule has 1 rings (SSSR count). The fourth-order valence-corrected chi connectivity index (χ4v) is 1.56. The van der Waals surface area contributed by atoms with E-state index in [0.717, 1.165) is 19.3 Å². The van der Waals surface area contributed by atoms with Crippen molar-refractivity contribution in [2.24, 2.45) is 0 Å². The Kier molecular flexibility index (Phi) is 5.62. The quantitative estimate of drug-likeness (QED) is 0.687. The monoisotopic (exact) mass is 220 g/mol. The number of esters is 1. The van der Waals surface area contributed by atoms with Crippen molar-refractivity contribution in [1.29, 1.82) is 0 Å². The summed E-state index contributed by atoms with van der Waals surface area (Å²) in [5, 5.41) is 0. The molecule has 0 bridgehead atoms. The van der Waals surface area contributed by atoms with E-state index in [1.807, 2.05) is 32.0 Å². The summed E-state index contributed by atoms with van der Waals surface area (Å²) >= 11 is 0. The third kappa shape index (κ3) is 4.96. The van der Waals surface area contributed by atoms with Gasteiger partial charge in [0.05, 0.1) is 6.10 Å². The van der Waals surface area contributed by atoms with E-state index in [1.54, 1.807) is 0 Å². The predicted molar refractivity (Wildman–Crippen MR) is 65.2 cm³/mol. The molecule has 0 saturated carbocycles. The van der Waals surface area contributed by atoms with Crippen LogP contribution in [-0.2, 0) is 16.0 Å². The van der Waals surface area contributed by atoms with Crippen molar-refractivity contribution in [3.05, 3.63) is 35.9 Å². The molecule has 0 unspecified atom stereocenters. The van der Waals surface area contributed by atoms with Crippen LogP contribution in [0.1, 0.15) is 38.7 Å². The zero-order valence-electron chi connectivity index (χ0n) is 10.1. The summed E-state index contributed by atoms with van der Waals surface area (Å²) in [7, 11) is 0. The van der Waals surface area contributed by atoms with Crippen LogP contribution in [0.4, 0.5) is 0 Å². The molecule has 0 aliphatic heterocycles. The first-order chi connectivity index (χ1) is 7.72. The van der Waals surface area contributed by atoms with Gasteiger partial charge in [-0.1, -0.05) is 37.3 Å². The Morgan fingerprint density at radius 1 is 1.31 bits per heavy atom. The Balaban J connectivity index is 2.25. The topological polar surface area (TPSA) is 26.3 Å². The van der Waals surface area contributed by atoms with Crippen LogP contribution in [-0.4, -0.2) is 12.1 Å². The normalized spacial score (nSPS) is 12.1. The minimum atomic E-state index is -0.0805. The molecule has 0 aromatic heterocycles. The maximum absolute atomic E-state index is 11.2. The van der Waals surface area contributed by atoms with Gasteiger partial charge in [0.15, 0.2) is 0 Å². The van der Waals surface area contributed by atoms with Gasteiger partial charge in [-0.2, -0.15) is 0 Å². The molecule has 0 radical (unpaired) electrons. The maximum Gasteiger partial charge on any atom is 0.306 e. The van der Waals surface area contributed by atoms with Crippen LogP contribution in [0.3, 0.4) is 0 Å². The van der Waals surface area contributed by atoms with E-state index in [4.69, 9.17) is 4.74 Å². The lowest BCUT2D eigenvalue weighted by atomic mass is 10.1. The van der Waals surface area contributed by atoms with Crippen LogP contribution in [0.2, 0.25) is 0 Å². The van der Waals surface area contributed by atoms with Gasteiger partial charge in [0.1, 0.15) is 0 Å². The van der Waals surface area contributed by atoms with E-state index in [-0.39, 0.29) is 12.1 Å². The van der Waals surface area contributed by atoms with Gasteiger partial charge in [-0.3, -0.25) is 4.79 Å². The Labute approximate surface area is 97.6 Å². The summed E-state index contributed by atoms with van der Waals surface area (Å²) in [6.45, 7) is 3.94. The van der Waals surface area contributed by atoms with Crippen molar-refractivity contribution in [3.8, 4) is 0 Å². The third-order valence-corrected chi connectivity index (χ3v) is 2.47. The van der Waals surface area contributed by atoms with E-state index in [9.17, 15) is 4.79 Å². The van der Waals surface area contributed by atoms with Crippen LogP contribution in [0.15, 0.2) is 30.3 Å². The van der Waals surface area contributed by atoms with Crippen LogP contribution in [0.5, 0.6) is 0 Å². The van der Waals surface area contributed by atoms with Gasteiger partial charge in [0, 0.05) is 6.42 Å². The van der Waals surface area contributed by atoms with Gasteiger partial charge in [-0.05, 0) is 31.7 Å². The second-order valence-electron chi connectivity index (χ2n) is 4.07. The molecule has 0 aliphatic rings.